The summed E-state index contributed by atoms with van der Waals surface area (Å²) in [5, 5.41) is 18.2. The molecule has 3 rings (SSSR count). The number of hydrogen-bond acceptors (Lipinski definition) is 5. The average molecular weight is 329 g/mol. The fourth-order valence-corrected chi connectivity index (χ4v) is 3.11. The summed E-state index contributed by atoms with van der Waals surface area (Å²) in [6.07, 6.45) is 5.57. The molecule has 1 aliphatic rings. The molecule has 24 heavy (non-hydrogen) atoms. The monoisotopic (exact) mass is 329 g/mol. The van der Waals surface area contributed by atoms with Crippen LogP contribution in [0.25, 0.3) is 0 Å². The second-order valence-corrected chi connectivity index (χ2v) is 5.77. The first-order valence-electron chi connectivity index (χ1n) is 7.84. The maximum atomic E-state index is 11.7. The lowest BCUT2D eigenvalue weighted by Gasteiger charge is -2.34. The molecule has 1 fully saturated rings. The van der Waals surface area contributed by atoms with Crippen molar-refractivity contribution in [1.82, 2.24) is 15.1 Å². The molecule has 0 aliphatic carbocycles. The van der Waals surface area contributed by atoms with Gasteiger partial charge in [-0.2, -0.15) is 5.10 Å². The van der Waals surface area contributed by atoms with Crippen LogP contribution in [0.5, 0.6) is 0 Å². The molecule has 1 aromatic carbocycles. The molecule has 0 bridgehead atoms. The Kier molecular flexibility index (Phi) is 4.45. The molecule has 126 valence electrons. The predicted octanol–water partition coefficient (Wildman–Crippen LogP) is 1.99. The third-order valence-electron chi connectivity index (χ3n) is 4.30. The molecular formula is C16H19N5O3. The van der Waals surface area contributed by atoms with Gasteiger partial charge in [0.15, 0.2) is 0 Å². The van der Waals surface area contributed by atoms with Crippen LogP contribution in [0.2, 0.25) is 0 Å². The number of anilines is 1. The summed E-state index contributed by atoms with van der Waals surface area (Å²) < 4.78 is 1.90. The molecule has 8 nitrogen and oxygen atoms in total. The Morgan fingerprint density at radius 2 is 2.29 bits per heavy atom. The molecule has 1 aromatic heterocycles. The Bertz CT molecular complexity index is 744. The van der Waals surface area contributed by atoms with E-state index in [4.69, 9.17) is 0 Å². The number of rotatable bonds is 4. The summed E-state index contributed by atoms with van der Waals surface area (Å²) in [5.41, 5.74) is 0.787. The van der Waals surface area contributed by atoms with Crippen LogP contribution < -0.4 is 10.2 Å². The first-order chi connectivity index (χ1) is 11.6. The minimum absolute atomic E-state index is 0.0442. The van der Waals surface area contributed by atoms with Gasteiger partial charge in [-0.3, -0.25) is 19.6 Å². The number of nitro groups is 1. The number of hydrogen-bond donors (Lipinski definition) is 1. The first-order valence-corrected chi connectivity index (χ1v) is 7.84. The van der Waals surface area contributed by atoms with Gasteiger partial charge in [-0.25, -0.2) is 0 Å². The van der Waals surface area contributed by atoms with Crippen molar-refractivity contribution in [2.75, 3.05) is 25.0 Å². The number of aromatic nitrogens is 2. The maximum Gasteiger partial charge on any atom is 0.293 e. The van der Waals surface area contributed by atoms with Crippen molar-refractivity contribution in [3.8, 4) is 0 Å². The summed E-state index contributed by atoms with van der Waals surface area (Å²) in [6, 6.07) is 6.69. The van der Waals surface area contributed by atoms with Crippen molar-refractivity contribution in [1.29, 1.82) is 0 Å². The predicted molar refractivity (Wildman–Crippen MR) is 89.2 cm³/mol. The van der Waals surface area contributed by atoms with E-state index in [2.05, 4.69) is 10.4 Å². The summed E-state index contributed by atoms with van der Waals surface area (Å²) in [5.74, 6) is -0.335. The molecule has 2 aromatic rings. The normalized spacial score (nSPS) is 17.5. The van der Waals surface area contributed by atoms with E-state index in [1.165, 1.54) is 13.1 Å². The zero-order valence-electron chi connectivity index (χ0n) is 13.4. The number of nitrogens with one attached hydrogen (secondary N) is 1. The molecule has 0 saturated carbocycles. The number of benzene rings is 1. The van der Waals surface area contributed by atoms with Gasteiger partial charge >= 0.3 is 0 Å². The number of amides is 1. The van der Waals surface area contributed by atoms with Crippen LogP contribution in [0.3, 0.4) is 0 Å². The summed E-state index contributed by atoms with van der Waals surface area (Å²) in [4.78, 5) is 24.8. The van der Waals surface area contributed by atoms with Crippen LogP contribution in [-0.2, 0) is 0 Å². The zero-order valence-corrected chi connectivity index (χ0v) is 13.4. The topological polar surface area (TPSA) is 93.3 Å². The molecule has 1 amide bonds. The molecular weight excluding hydrogens is 310 g/mol. The SMILES string of the molecule is CNC(=O)c1ccc(N2CCCC(n3cccn3)C2)c([N+](=O)[O-])c1. The Labute approximate surface area is 139 Å². The van der Waals surface area contributed by atoms with Crippen LogP contribution in [0.1, 0.15) is 29.2 Å². The highest BCUT2D eigenvalue weighted by Crippen LogP contribution is 2.33. The summed E-state index contributed by atoms with van der Waals surface area (Å²) in [6.45, 7) is 1.40. The van der Waals surface area contributed by atoms with E-state index in [1.807, 2.05) is 21.8 Å². The second-order valence-electron chi connectivity index (χ2n) is 5.77. The van der Waals surface area contributed by atoms with E-state index in [0.29, 0.717) is 12.2 Å². The standard InChI is InChI=1S/C16H19N5O3/c1-17-16(22)12-5-6-14(15(10-12)21(23)24)19-8-2-4-13(11-19)20-9-3-7-18-20/h3,5-7,9-10,13H,2,4,8,11H2,1H3,(H,17,22). The quantitative estimate of drug-likeness (QED) is 0.684. The second kappa shape index (κ2) is 6.69. The van der Waals surface area contributed by atoms with Gasteiger partial charge in [0, 0.05) is 44.2 Å². The zero-order chi connectivity index (χ0) is 17.1. The van der Waals surface area contributed by atoms with E-state index in [9.17, 15) is 14.9 Å². The third-order valence-corrected chi connectivity index (χ3v) is 4.30. The Hall–Kier alpha value is -2.90. The minimum Gasteiger partial charge on any atom is -0.364 e. The molecule has 2 heterocycles. The van der Waals surface area contributed by atoms with Gasteiger partial charge in [-0.05, 0) is 31.0 Å². The Morgan fingerprint density at radius 1 is 1.46 bits per heavy atom. The van der Waals surface area contributed by atoms with Gasteiger partial charge in [-0.1, -0.05) is 0 Å². The summed E-state index contributed by atoms with van der Waals surface area (Å²) >= 11 is 0. The fourth-order valence-electron chi connectivity index (χ4n) is 3.11. The number of carbonyl (C=O) groups is 1. The fraction of sp³-hybridized carbons (Fsp3) is 0.375. The first kappa shape index (κ1) is 16.0. The lowest BCUT2D eigenvalue weighted by Crippen LogP contribution is -2.37. The van der Waals surface area contributed by atoms with Gasteiger partial charge < -0.3 is 10.2 Å². The molecule has 1 atom stereocenters. The van der Waals surface area contributed by atoms with Gasteiger partial charge in [0.05, 0.1) is 11.0 Å². The van der Waals surface area contributed by atoms with Crippen molar-refractivity contribution >= 4 is 17.3 Å². The Morgan fingerprint density at radius 3 is 2.96 bits per heavy atom. The van der Waals surface area contributed by atoms with Gasteiger partial charge in [0.1, 0.15) is 5.69 Å². The number of nitrogens with zero attached hydrogens (tertiary/aromatic N) is 4. The largest absolute Gasteiger partial charge is 0.364 e. The summed E-state index contributed by atoms with van der Waals surface area (Å²) in [7, 11) is 1.50. The molecule has 0 spiro atoms. The van der Waals surface area contributed by atoms with Crippen molar-refractivity contribution in [3.05, 3.63) is 52.3 Å². The van der Waals surface area contributed by atoms with E-state index >= 15 is 0 Å². The van der Waals surface area contributed by atoms with Crippen LogP contribution in [0, 0.1) is 10.1 Å². The van der Waals surface area contributed by atoms with Gasteiger partial charge in [0.2, 0.25) is 0 Å². The van der Waals surface area contributed by atoms with E-state index in [0.717, 1.165) is 19.4 Å². The van der Waals surface area contributed by atoms with Gasteiger partial charge in [-0.15, -0.1) is 0 Å². The van der Waals surface area contributed by atoms with E-state index < -0.39 is 4.92 Å². The highest BCUT2D eigenvalue weighted by Gasteiger charge is 2.27. The van der Waals surface area contributed by atoms with Crippen molar-refractivity contribution in [2.24, 2.45) is 0 Å². The van der Waals surface area contributed by atoms with E-state index in [-0.39, 0.29) is 23.2 Å². The van der Waals surface area contributed by atoms with Crippen molar-refractivity contribution in [3.63, 3.8) is 0 Å². The Balaban J connectivity index is 1.90. The molecule has 1 aliphatic heterocycles. The lowest BCUT2D eigenvalue weighted by molar-refractivity contribution is -0.384. The minimum atomic E-state index is -0.431. The van der Waals surface area contributed by atoms with Gasteiger partial charge in [0.25, 0.3) is 11.6 Å². The molecule has 0 radical (unpaired) electrons. The van der Waals surface area contributed by atoms with Crippen LogP contribution in [-0.4, -0.2) is 40.7 Å². The number of nitro benzene ring substituents is 1. The van der Waals surface area contributed by atoms with Crippen molar-refractivity contribution in [2.45, 2.75) is 18.9 Å². The smallest absolute Gasteiger partial charge is 0.293 e. The van der Waals surface area contributed by atoms with Crippen LogP contribution >= 0.6 is 0 Å². The van der Waals surface area contributed by atoms with Crippen LogP contribution in [0.15, 0.2) is 36.7 Å². The van der Waals surface area contributed by atoms with Crippen molar-refractivity contribution < 1.29 is 9.72 Å². The highest BCUT2D eigenvalue weighted by molar-refractivity contribution is 5.95. The van der Waals surface area contributed by atoms with Crippen LogP contribution in [0.4, 0.5) is 11.4 Å². The highest BCUT2D eigenvalue weighted by atomic mass is 16.6. The molecule has 1 unspecified atom stereocenters. The molecule has 1 N–H and O–H groups in total. The maximum absolute atomic E-state index is 11.7. The molecule has 1 saturated heterocycles. The lowest BCUT2D eigenvalue weighted by atomic mass is 10.0. The number of carbonyl (C=O) groups excluding carboxylic acids is 1. The number of piperidine rings is 1. The average Bonchev–Trinajstić information content (AvgIpc) is 3.15. The van der Waals surface area contributed by atoms with E-state index in [1.54, 1.807) is 18.3 Å². The third kappa shape index (κ3) is 3.08. The molecule has 8 heteroatoms.